The molecule has 5 heteroatoms. The van der Waals surface area contributed by atoms with E-state index in [1.807, 2.05) is 0 Å². The second-order valence-electron chi connectivity index (χ2n) is 4.92. The lowest BCUT2D eigenvalue weighted by Gasteiger charge is -2.14. The summed E-state index contributed by atoms with van der Waals surface area (Å²) >= 11 is 0. The Bertz CT molecular complexity index is 656. The highest BCUT2D eigenvalue weighted by atomic mass is 19.1. The predicted molar refractivity (Wildman–Crippen MR) is 72.6 cm³/mol. The fourth-order valence-electron chi connectivity index (χ4n) is 2.33. The van der Waals surface area contributed by atoms with E-state index in [4.69, 9.17) is 13.9 Å². The molecule has 21 heavy (non-hydrogen) atoms. The van der Waals surface area contributed by atoms with Crippen molar-refractivity contribution in [2.45, 2.75) is 19.6 Å². The van der Waals surface area contributed by atoms with E-state index in [-0.39, 0.29) is 11.6 Å². The zero-order valence-electron chi connectivity index (χ0n) is 11.6. The van der Waals surface area contributed by atoms with Gasteiger partial charge in [-0.2, -0.15) is 0 Å². The van der Waals surface area contributed by atoms with E-state index in [9.17, 15) is 9.18 Å². The lowest BCUT2D eigenvalue weighted by molar-refractivity contribution is -0.0448. The van der Waals surface area contributed by atoms with Crippen molar-refractivity contribution < 1.29 is 23.1 Å². The Hall–Kier alpha value is -1.98. The van der Waals surface area contributed by atoms with Gasteiger partial charge < -0.3 is 13.9 Å². The zero-order chi connectivity index (χ0) is 14.8. The van der Waals surface area contributed by atoms with Crippen molar-refractivity contribution in [1.29, 1.82) is 0 Å². The molecule has 0 saturated carbocycles. The van der Waals surface area contributed by atoms with Gasteiger partial charge in [-0.05, 0) is 29.8 Å². The second-order valence-corrected chi connectivity index (χ2v) is 4.92. The Morgan fingerprint density at radius 2 is 2.00 bits per heavy atom. The minimum Gasteiger partial charge on any atom is -0.458 e. The van der Waals surface area contributed by atoms with Gasteiger partial charge in [0.05, 0.1) is 13.2 Å². The molecule has 3 rings (SSSR count). The SMILES string of the molecule is CC(=O)c1ccc(Cc2ccc(F)cc2C2OCCO2)o1. The van der Waals surface area contributed by atoms with Crippen molar-refractivity contribution >= 4 is 5.78 Å². The maximum Gasteiger partial charge on any atom is 0.194 e. The van der Waals surface area contributed by atoms with Gasteiger partial charge in [-0.3, -0.25) is 4.79 Å². The first-order chi connectivity index (χ1) is 10.1. The fraction of sp³-hybridized carbons (Fsp3) is 0.312. The molecule has 2 heterocycles. The summed E-state index contributed by atoms with van der Waals surface area (Å²) in [5.41, 5.74) is 1.51. The van der Waals surface area contributed by atoms with Gasteiger partial charge in [0.25, 0.3) is 0 Å². The highest BCUT2D eigenvalue weighted by molar-refractivity contribution is 5.91. The summed E-state index contributed by atoms with van der Waals surface area (Å²) in [6, 6.07) is 7.89. The second kappa shape index (κ2) is 5.79. The smallest absolute Gasteiger partial charge is 0.194 e. The lowest BCUT2D eigenvalue weighted by atomic mass is 10.0. The number of ether oxygens (including phenoxy) is 2. The maximum atomic E-state index is 13.5. The molecule has 0 aliphatic carbocycles. The number of furan rings is 1. The lowest BCUT2D eigenvalue weighted by Crippen LogP contribution is -2.04. The Labute approximate surface area is 121 Å². The molecular formula is C16H15FO4. The predicted octanol–water partition coefficient (Wildman–Crippen LogP) is 3.26. The molecule has 1 aromatic heterocycles. The van der Waals surface area contributed by atoms with Crippen molar-refractivity contribution in [3.63, 3.8) is 0 Å². The van der Waals surface area contributed by atoms with Crippen molar-refractivity contribution in [3.8, 4) is 0 Å². The topological polar surface area (TPSA) is 48.7 Å². The third kappa shape index (κ3) is 3.04. The monoisotopic (exact) mass is 290 g/mol. The third-order valence-electron chi connectivity index (χ3n) is 3.36. The zero-order valence-corrected chi connectivity index (χ0v) is 11.6. The van der Waals surface area contributed by atoms with E-state index in [2.05, 4.69) is 0 Å². The molecule has 0 radical (unpaired) electrons. The van der Waals surface area contributed by atoms with Crippen LogP contribution in [0.15, 0.2) is 34.7 Å². The first kappa shape index (κ1) is 14.0. The molecular weight excluding hydrogens is 275 g/mol. The van der Waals surface area contributed by atoms with E-state index in [1.165, 1.54) is 19.1 Å². The molecule has 0 atom stereocenters. The third-order valence-corrected chi connectivity index (χ3v) is 3.36. The number of rotatable bonds is 4. The van der Waals surface area contributed by atoms with Gasteiger partial charge in [0, 0.05) is 18.9 Å². The van der Waals surface area contributed by atoms with Crippen LogP contribution in [0.5, 0.6) is 0 Å². The van der Waals surface area contributed by atoms with Crippen LogP contribution in [0, 0.1) is 5.82 Å². The summed E-state index contributed by atoms with van der Waals surface area (Å²) in [7, 11) is 0. The van der Waals surface area contributed by atoms with Gasteiger partial charge >= 0.3 is 0 Å². The molecule has 4 nitrogen and oxygen atoms in total. The molecule has 0 amide bonds. The molecule has 0 spiro atoms. The minimum absolute atomic E-state index is 0.122. The summed E-state index contributed by atoms with van der Waals surface area (Å²) in [4.78, 5) is 11.2. The number of hydrogen-bond donors (Lipinski definition) is 0. The molecule has 0 unspecified atom stereocenters. The Morgan fingerprint density at radius 3 is 2.67 bits per heavy atom. The fourth-order valence-corrected chi connectivity index (χ4v) is 2.33. The van der Waals surface area contributed by atoms with Crippen LogP contribution < -0.4 is 0 Å². The molecule has 1 aliphatic heterocycles. The molecule has 110 valence electrons. The van der Waals surface area contributed by atoms with E-state index in [0.717, 1.165) is 5.56 Å². The first-order valence-corrected chi connectivity index (χ1v) is 6.74. The summed E-state index contributed by atoms with van der Waals surface area (Å²) in [5, 5.41) is 0. The van der Waals surface area contributed by atoms with Crippen LogP contribution in [0.25, 0.3) is 0 Å². The molecule has 0 bridgehead atoms. The van der Waals surface area contributed by atoms with Gasteiger partial charge in [0.1, 0.15) is 11.6 Å². The van der Waals surface area contributed by atoms with Crippen molar-refractivity contribution in [2.75, 3.05) is 13.2 Å². The molecule has 1 aliphatic rings. The van der Waals surface area contributed by atoms with Gasteiger partial charge in [-0.15, -0.1) is 0 Å². The number of carbonyl (C=O) groups excluding carboxylic acids is 1. The summed E-state index contributed by atoms with van der Waals surface area (Å²) in [6.07, 6.45) is -0.0931. The van der Waals surface area contributed by atoms with E-state index >= 15 is 0 Å². The van der Waals surface area contributed by atoms with Gasteiger partial charge in [-0.1, -0.05) is 6.07 Å². The number of Topliss-reactive ketones (excluding diaryl/α,β-unsaturated/α-hetero) is 1. The van der Waals surface area contributed by atoms with Gasteiger partial charge in [0.2, 0.25) is 0 Å². The maximum absolute atomic E-state index is 13.5. The Morgan fingerprint density at radius 1 is 1.24 bits per heavy atom. The average molecular weight is 290 g/mol. The largest absolute Gasteiger partial charge is 0.458 e. The molecule has 1 aromatic carbocycles. The van der Waals surface area contributed by atoms with Crippen LogP contribution in [-0.4, -0.2) is 19.0 Å². The van der Waals surface area contributed by atoms with E-state index in [1.54, 1.807) is 18.2 Å². The van der Waals surface area contributed by atoms with Gasteiger partial charge in [0.15, 0.2) is 17.8 Å². The summed E-state index contributed by atoms with van der Waals surface area (Å²) < 4.78 is 29.8. The molecule has 0 N–H and O–H groups in total. The minimum atomic E-state index is -0.544. The van der Waals surface area contributed by atoms with Crippen molar-refractivity contribution in [3.05, 3.63) is 58.8 Å². The summed E-state index contributed by atoms with van der Waals surface area (Å²) in [6.45, 7) is 2.44. The number of carbonyl (C=O) groups is 1. The number of halogens is 1. The molecule has 1 fully saturated rings. The van der Waals surface area contributed by atoms with Crippen molar-refractivity contribution in [1.82, 2.24) is 0 Å². The first-order valence-electron chi connectivity index (χ1n) is 6.74. The highest BCUT2D eigenvalue weighted by Gasteiger charge is 2.22. The molecule has 2 aromatic rings. The normalized spacial score (nSPS) is 15.5. The number of ketones is 1. The van der Waals surface area contributed by atoms with E-state index in [0.29, 0.717) is 36.7 Å². The quantitative estimate of drug-likeness (QED) is 0.811. The Kier molecular flexibility index (Phi) is 3.86. The highest BCUT2D eigenvalue weighted by Crippen LogP contribution is 2.29. The summed E-state index contributed by atoms with van der Waals surface area (Å²) in [5.74, 6) is 0.507. The number of hydrogen-bond acceptors (Lipinski definition) is 4. The van der Waals surface area contributed by atoms with Crippen LogP contribution in [0.3, 0.4) is 0 Å². The van der Waals surface area contributed by atoms with Gasteiger partial charge in [-0.25, -0.2) is 4.39 Å². The van der Waals surface area contributed by atoms with E-state index < -0.39 is 6.29 Å². The Balaban J connectivity index is 1.88. The average Bonchev–Trinajstić information content (AvgIpc) is 3.11. The van der Waals surface area contributed by atoms with Crippen LogP contribution in [0.2, 0.25) is 0 Å². The van der Waals surface area contributed by atoms with Crippen LogP contribution >= 0.6 is 0 Å². The van der Waals surface area contributed by atoms with Crippen LogP contribution in [0.1, 0.15) is 40.7 Å². The number of benzene rings is 1. The van der Waals surface area contributed by atoms with Crippen LogP contribution in [-0.2, 0) is 15.9 Å². The standard InChI is InChI=1S/C16H15FO4/c1-10(18)15-5-4-13(21-15)8-11-2-3-12(17)9-14(11)16-19-6-7-20-16/h2-5,9,16H,6-8H2,1H3. The van der Waals surface area contributed by atoms with Crippen molar-refractivity contribution in [2.24, 2.45) is 0 Å². The van der Waals surface area contributed by atoms with Crippen LogP contribution in [0.4, 0.5) is 4.39 Å². The molecule has 1 saturated heterocycles.